The molecule has 3 heteroatoms. The number of halogens is 2. The highest BCUT2D eigenvalue weighted by Crippen LogP contribution is 2.19. The molecule has 1 aromatic carbocycles. The lowest BCUT2D eigenvalue weighted by molar-refractivity contribution is 0.305. The van der Waals surface area contributed by atoms with Crippen molar-refractivity contribution in [3.05, 3.63) is 28.7 Å². The first-order valence-corrected chi connectivity index (χ1v) is 7.45. The number of hydrogen-bond donors (Lipinski definition) is 0. The maximum atomic E-state index is 5.66. The number of hydrogen-bond acceptors (Lipinski definition) is 1. The maximum Gasteiger partial charge on any atom is 0.120 e. The monoisotopic (exact) mass is 348 g/mol. The topological polar surface area (TPSA) is 9.23 Å². The van der Waals surface area contributed by atoms with E-state index in [1.807, 2.05) is 24.3 Å². The van der Waals surface area contributed by atoms with Crippen LogP contribution in [0.15, 0.2) is 28.7 Å². The molecule has 0 bridgehead atoms. The summed E-state index contributed by atoms with van der Waals surface area (Å²) in [6, 6.07) is 7.98. The highest BCUT2D eigenvalue weighted by Gasteiger charge is 2.02. The molecule has 90 valence electrons. The van der Waals surface area contributed by atoms with E-state index < -0.39 is 0 Å². The average Bonchev–Trinajstić information content (AvgIpc) is 2.25. The zero-order valence-corrected chi connectivity index (χ0v) is 12.8. The average molecular weight is 350 g/mol. The van der Waals surface area contributed by atoms with E-state index in [0.717, 1.165) is 23.2 Å². The van der Waals surface area contributed by atoms with Crippen LogP contribution in [0.2, 0.25) is 0 Å². The predicted molar refractivity (Wildman–Crippen MR) is 76.5 cm³/mol. The van der Waals surface area contributed by atoms with Gasteiger partial charge in [0.1, 0.15) is 5.75 Å². The molecule has 0 amide bonds. The third-order valence-electron chi connectivity index (χ3n) is 2.33. The third-order valence-corrected chi connectivity index (χ3v) is 3.74. The van der Waals surface area contributed by atoms with Crippen molar-refractivity contribution < 1.29 is 4.74 Å². The van der Waals surface area contributed by atoms with Gasteiger partial charge in [0.15, 0.2) is 0 Å². The third kappa shape index (κ3) is 5.90. The van der Waals surface area contributed by atoms with Crippen LogP contribution >= 0.6 is 31.9 Å². The summed E-state index contributed by atoms with van der Waals surface area (Å²) < 4.78 is 6.73. The number of benzene rings is 1. The van der Waals surface area contributed by atoms with Gasteiger partial charge in [-0.25, -0.2) is 0 Å². The number of ether oxygens (including phenoxy) is 1. The lowest BCUT2D eigenvalue weighted by atomic mass is 10.2. The first kappa shape index (κ1) is 14.0. The molecule has 0 aliphatic carbocycles. The summed E-state index contributed by atoms with van der Waals surface area (Å²) in [6.07, 6.45) is 4.77. The lowest BCUT2D eigenvalue weighted by Gasteiger charge is -2.09. The second-order valence-electron chi connectivity index (χ2n) is 3.83. The van der Waals surface area contributed by atoms with E-state index in [1.165, 1.54) is 19.3 Å². The van der Waals surface area contributed by atoms with Gasteiger partial charge in [0, 0.05) is 9.30 Å². The zero-order chi connectivity index (χ0) is 11.8. The summed E-state index contributed by atoms with van der Waals surface area (Å²) in [5, 5.41) is 0. The molecule has 1 aromatic rings. The highest BCUT2D eigenvalue weighted by molar-refractivity contribution is 9.10. The minimum atomic E-state index is 0.642. The van der Waals surface area contributed by atoms with Crippen LogP contribution in [-0.4, -0.2) is 11.4 Å². The summed E-state index contributed by atoms with van der Waals surface area (Å²) >= 11 is 7.10. The number of rotatable bonds is 7. The smallest absolute Gasteiger partial charge is 0.120 e. The fourth-order valence-corrected chi connectivity index (χ4v) is 2.67. The summed E-state index contributed by atoms with van der Waals surface area (Å²) in [6.45, 7) is 3.01. The Morgan fingerprint density at radius 2 is 2.12 bits per heavy atom. The first-order valence-electron chi connectivity index (χ1n) is 5.74. The second-order valence-corrected chi connectivity index (χ2v) is 6.04. The van der Waals surface area contributed by atoms with Crippen LogP contribution in [0.4, 0.5) is 0 Å². The molecule has 0 aliphatic rings. The van der Waals surface area contributed by atoms with Gasteiger partial charge in [-0.2, -0.15) is 0 Å². The van der Waals surface area contributed by atoms with Crippen molar-refractivity contribution in [1.82, 2.24) is 0 Å². The van der Waals surface area contributed by atoms with Gasteiger partial charge in [-0.15, -0.1) is 0 Å². The van der Waals surface area contributed by atoms with E-state index >= 15 is 0 Å². The maximum absolute atomic E-state index is 5.66. The van der Waals surface area contributed by atoms with Crippen molar-refractivity contribution in [3.8, 4) is 5.75 Å². The van der Waals surface area contributed by atoms with Gasteiger partial charge < -0.3 is 4.74 Å². The second kappa shape index (κ2) is 8.13. The Morgan fingerprint density at radius 1 is 1.31 bits per heavy atom. The van der Waals surface area contributed by atoms with Crippen molar-refractivity contribution in [2.24, 2.45) is 0 Å². The van der Waals surface area contributed by atoms with E-state index in [0.29, 0.717) is 4.83 Å². The molecule has 1 unspecified atom stereocenters. The van der Waals surface area contributed by atoms with E-state index in [1.54, 1.807) is 0 Å². The Balaban J connectivity index is 2.16. The van der Waals surface area contributed by atoms with Gasteiger partial charge in [0.2, 0.25) is 0 Å². The normalized spacial score (nSPS) is 12.4. The molecular formula is C13H18Br2O. The molecule has 1 atom stereocenters. The Kier molecular flexibility index (Phi) is 7.13. The molecule has 0 saturated carbocycles. The summed E-state index contributed by atoms with van der Waals surface area (Å²) in [5.41, 5.74) is 0. The van der Waals surface area contributed by atoms with Gasteiger partial charge in [0.25, 0.3) is 0 Å². The van der Waals surface area contributed by atoms with Crippen molar-refractivity contribution in [2.45, 2.75) is 37.4 Å². The van der Waals surface area contributed by atoms with Gasteiger partial charge >= 0.3 is 0 Å². The fraction of sp³-hybridized carbons (Fsp3) is 0.538. The van der Waals surface area contributed by atoms with Crippen LogP contribution in [0.25, 0.3) is 0 Å². The van der Waals surface area contributed by atoms with Gasteiger partial charge in [-0.1, -0.05) is 51.3 Å². The van der Waals surface area contributed by atoms with E-state index in [2.05, 4.69) is 38.8 Å². The van der Waals surface area contributed by atoms with Crippen molar-refractivity contribution >= 4 is 31.9 Å². The largest absolute Gasteiger partial charge is 0.494 e. The fourth-order valence-electron chi connectivity index (χ4n) is 1.51. The minimum Gasteiger partial charge on any atom is -0.494 e. The van der Waals surface area contributed by atoms with Crippen LogP contribution in [0.5, 0.6) is 5.75 Å². The Morgan fingerprint density at radius 3 is 2.81 bits per heavy atom. The molecule has 0 spiro atoms. The summed E-state index contributed by atoms with van der Waals surface area (Å²) in [5.74, 6) is 0.941. The molecule has 0 saturated heterocycles. The molecule has 0 fully saturated rings. The Bertz CT molecular complexity index is 302. The van der Waals surface area contributed by atoms with Crippen LogP contribution in [0.1, 0.15) is 32.6 Å². The molecule has 0 heterocycles. The predicted octanol–water partition coefficient (Wildman–Crippen LogP) is 5.17. The first-order chi connectivity index (χ1) is 7.72. The minimum absolute atomic E-state index is 0.642. The molecule has 0 aliphatic heterocycles. The lowest BCUT2D eigenvalue weighted by Crippen LogP contribution is -2.02. The summed E-state index contributed by atoms with van der Waals surface area (Å²) in [4.78, 5) is 0.642. The zero-order valence-electron chi connectivity index (χ0n) is 9.59. The molecule has 1 rings (SSSR count). The standard InChI is InChI=1S/C13H18Br2O/c1-2-5-11(14)7-4-9-16-13-8-3-6-12(15)10-13/h3,6,8,10-11H,2,4-5,7,9H2,1H3. The van der Waals surface area contributed by atoms with Crippen LogP contribution < -0.4 is 4.74 Å². The highest BCUT2D eigenvalue weighted by atomic mass is 79.9. The van der Waals surface area contributed by atoms with Crippen LogP contribution in [0.3, 0.4) is 0 Å². The van der Waals surface area contributed by atoms with Gasteiger partial charge in [-0.3, -0.25) is 0 Å². The van der Waals surface area contributed by atoms with Crippen molar-refractivity contribution in [1.29, 1.82) is 0 Å². The molecular weight excluding hydrogens is 332 g/mol. The molecule has 1 nitrogen and oxygen atoms in total. The van der Waals surface area contributed by atoms with Crippen molar-refractivity contribution in [2.75, 3.05) is 6.61 Å². The Labute approximate surface area is 115 Å². The quantitative estimate of drug-likeness (QED) is 0.487. The number of alkyl halides is 1. The van der Waals surface area contributed by atoms with Crippen molar-refractivity contribution in [3.63, 3.8) is 0 Å². The van der Waals surface area contributed by atoms with Gasteiger partial charge in [-0.05, 0) is 37.5 Å². The SMILES string of the molecule is CCCC(Br)CCCOc1cccc(Br)c1. The van der Waals surface area contributed by atoms with Crippen LogP contribution in [-0.2, 0) is 0 Å². The molecule has 0 N–H and O–H groups in total. The van der Waals surface area contributed by atoms with E-state index in [9.17, 15) is 0 Å². The molecule has 0 radical (unpaired) electrons. The Hall–Kier alpha value is -0.0200. The van der Waals surface area contributed by atoms with Crippen LogP contribution in [0, 0.1) is 0 Å². The van der Waals surface area contributed by atoms with E-state index in [4.69, 9.17) is 4.74 Å². The molecule has 0 aromatic heterocycles. The van der Waals surface area contributed by atoms with E-state index in [-0.39, 0.29) is 0 Å². The van der Waals surface area contributed by atoms with Gasteiger partial charge in [0.05, 0.1) is 6.61 Å². The molecule has 16 heavy (non-hydrogen) atoms. The summed E-state index contributed by atoms with van der Waals surface area (Å²) in [7, 11) is 0.